The smallest absolute Gasteiger partial charge is 0.161 e. The van der Waals surface area contributed by atoms with Gasteiger partial charge in [-0.2, -0.15) is 5.10 Å². The first kappa shape index (κ1) is 17.7. The molecule has 1 aromatic heterocycles. The molecular weight excluding hydrogens is 352 g/mol. The van der Waals surface area contributed by atoms with E-state index in [-0.39, 0.29) is 0 Å². The van der Waals surface area contributed by atoms with Gasteiger partial charge in [-0.15, -0.1) is 0 Å². The number of ether oxygens (including phenoxy) is 2. The van der Waals surface area contributed by atoms with E-state index in [2.05, 4.69) is 28.5 Å². The highest BCUT2D eigenvalue weighted by Crippen LogP contribution is 2.30. The number of hydrogen-bond donors (Lipinski definition) is 1. The Kier molecular flexibility index (Phi) is 4.76. The van der Waals surface area contributed by atoms with Crippen molar-refractivity contribution in [1.29, 1.82) is 0 Å². The molecule has 4 rings (SSSR count). The van der Waals surface area contributed by atoms with Crippen molar-refractivity contribution >= 4 is 17.2 Å². The maximum atomic E-state index is 5.42. The summed E-state index contributed by atoms with van der Waals surface area (Å²) in [5, 5.41) is 4.66. The van der Waals surface area contributed by atoms with Crippen LogP contribution in [0, 0.1) is 6.92 Å². The van der Waals surface area contributed by atoms with Crippen LogP contribution in [0.4, 0.5) is 5.69 Å². The number of aliphatic imine (C=N–C) groups is 1. The summed E-state index contributed by atoms with van der Waals surface area (Å²) >= 11 is 0. The number of hydrogen-bond acceptors (Lipinski definition) is 6. The standard InChI is InChI=1S/C22H20N4O2/c1-14-6-8-18-17(11-14)21(16-5-4-10-23-13-16)25-26-22(24-18)15-7-9-19(27-2)20(12-15)28-3/h4-13H,1-3H3,(H,24,26). The molecule has 6 nitrogen and oxygen atoms in total. The maximum absolute atomic E-state index is 5.42. The van der Waals surface area contributed by atoms with Crippen molar-refractivity contribution in [3.05, 3.63) is 83.2 Å². The largest absolute Gasteiger partial charge is 0.493 e. The first-order valence-electron chi connectivity index (χ1n) is 8.86. The Balaban J connectivity index is 1.84. The average molecular weight is 372 g/mol. The summed E-state index contributed by atoms with van der Waals surface area (Å²) < 4.78 is 10.8. The van der Waals surface area contributed by atoms with Crippen LogP contribution in [0.5, 0.6) is 11.5 Å². The molecule has 3 aromatic rings. The zero-order valence-corrected chi connectivity index (χ0v) is 15.9. The summed E-state index contributed by atoms with van der Waals surface area (Å²) in [5.74, 6) is 1.93. The van der Waals surface area contributed by atoms with Crippen LogP contribution in [0.2, 0.25) is 0 Å². The van der Waals surface area contributed by atoms with E-state index in [0.29, 0.717) is 17.3 Å². The lowest BCUT2D eigenvalue weighted by atomic mass is 10.0. The lowest BCUT2D eigenvalue weighted by molar-refractivity contribution is 0.355. The van der Waals surface area contributed by atoms with Crippen LogP contribution in [0.15, 0.2) is 71.0 Å². The molecule has 140 valence electrons. The van der Waals surface area contributed by atoms with Gasteiger partial charge < -0.3 is 9.47 Å². The predicted octanol–water partition coefficient (Wildman–Crippen LogP) is 3.84. The zero-order valence-electron chi connectivity index (χ0n) is 15.9. The van der Waals surface area contributed by atoms with Crippen LogP contribution in [0.1, 0.15) is 22.3 Å². The summed E-state index contributed by atoms with van der Waals surface area (Å²) in [6.07, 6.45) is 3.55. The maximum Gasteiger partial charge on any atom is 0.161 e. The number of methoxy groups -OCH3 is 2. The van der Waals surface area contributed by atoms with Gasteiger partial charge in [0.15, 0.2) is 17.3 Å². The summed E-state index contributed by atoms with van der Waals surface area (Å²) in [6.45, 7) is 2.05. The molecule has 0 bridgehead atoms. The topological polar surface area (TPSA) is 68.1 Å². The van der Waals surface area contributed by atoms with Crippen molar-refractivity contribution in [1.82, 2.24) is 10.4 Å². The monoisotopic (exact) mass is 372 g/mol. The molecule has 1 aliphatic heterocycles. The van der Waals surface area contributed by atoms with E-state index >= 15 is 0 Å². The number of nitrogens with zero attached hydrogens (tertiary/aromatic N) is 3. The first-order valence-corrected chi connectivity index (χ1v) is 8.86. The number of nitrogens with one attached hydrogen (secondary N) is 1. The van der Waals surface area contributed by atoms with Crippen LogP contribution in [-0.4, -0.2) is 30.8 Å². The molecule has 1 aliphatic rings. The molecule has 6 heteroatoms. The lowest BCUT2D eigenvalue weighted by Crippen LogP contribution is -2.20. The van der Waals surface area contributed by atoms with Crippen molar-refractivity contribution in [2.75, 3.05) is 14.2 Å². The van der Waals surface area contributed by atoms with Gasteiger partial charge in [-0.05, 0) is 49.4 Å². The molecule has 0 radical (unpaired) electrons. The van der Waals surface area contributed by atoms with E-state index in [0.717, 1.165) is 33.7 Å². The number of hydrazone groups is 1. The van der Waals surface area contributed by atoms with Gasteiger partial charge in [0.1, 0.15) is 5.71 Å². The molecule has 0 unspecified atom stereocenters. The van der Waals surface area contributed by atoms with E-state index in [1.807, 2.05) is 42.5 Å². The van der Waals surface area contributed by atoms with Gasteiger partial charge in [0.2, 0.25) is 0 Å². The number of fused-ring (bicyclic) bond motifs is 1. The number of rotatable bonds is 4. The van der Waals surface area contributed by atoms with Crippen LogP contribution >= 0.6 is 0 Å². The number of aryl methyl sites for hydroxylation is 1. The quantitative estimate of drug-likeness (QED) is 0.755. The highest BCUT2D eigenvalue weighted by atomic mass is 16.5. The highest BCUT2D eigenvalue weighted by molar-refractivity contribution is 6.18. The molecule has 0 spiro atoms. The van der Waals surface area contributed by atoms with E-state index < -0.39 is 0 Å². The Labute approximate surface area is 163 Å². The van der Waals surface area contributed by atoms with Crippen LogP contribution in [-0.2, 0) is 0 Å². The van der Waals surface area contributed by atoms with Gasteiger partial charge >= 0.3 is 0 Å². The second kappa shape index (κ2) is 7.52. The second-order valence-electron chi connectivity index (χ2n) is 6.36. The zero-order chi connectivity index (χ0) is 19.5. The Hall–Kier alpha value is -3.67. The number of pyridine rings is 1. The van der Waals surface area contributed by atoms with Crippen molar-refractivity contribution in [3.63, 3.8) is 0 Å². The number of amidine groups is 1. The molecule has 2 aromatic carbocycles. The molecule has 2 heterocycles. The van der Waals surface area contributed by atoms with Gasteiger partial charge in [-0.25, -0.2) is 4.99 Å². The normalized spacial score (nSPS) is 12.8. The molecule has 1 N–H and O–H groups in total. The molecule has 0 fully saturated rings. The van der Waals surface area contributed by atoms with Gasteiger partial charge in [0.25, 0.3) is 0 Å². The SMILES string of the molecule is COc1ccc(C2=Nc3ccc(C)cc3C(c3cccnc3)=NN2)cc1OC. The van der Waals surface area contributed by atoms with Crippen molar-refractivity contribution in [2.45, 2.75) is 6.92 Å². The Morgan fingerprint density at radius 3 is 2.50 bits per heavy atom. The molecule has 0 aliphatic carbocycles. The summed E-state index contributed by atoms with van der Waals surface area (Å²) in [4.78, 5) is 9.06. The summed E-state index contributed by atoms with van der Waals surface area (Å²) in [6, 6.07) is 15.7. The van der Waals surface area contributed by atoms with E-state index in [1.54, 1.807) is 26.6 Å². The molecule has 0 saturated carbocycles. The number of benzene rings is 2. The third-order valence-electron chi connectivity index (χ3n) is 4.50. The molecular formula is C22H20N4O2. The Morgan fingerprint density at radius 2 is 1.75 bits per heavy atom. The number of aromatic nitrogens is 1. The minimum atomic E-state index is 0.630. The average Bonchev–Trinajstić information content (AvgIpc) is 2.93. The van der Waals surface area contributed by atoms with Crippen LogP contribution in [0.25, 0.3) is 0 Å². The molecule has 0 atom stereocenters. The molecule has 28 heavy (non-hydrogen) atoms. The fourth-order valence-corrected chi connectivity index (χ4v) is 3.09. The molecule has 0 saturated heterocycles. The van der Waals surface area contributed by atoms with Crippen LogP contribution in [0.3, 0.4) is 0 Å². The van der Waals surface area contributed by atoms with E-state index in [1.165, 1.54) is 0 Å². The minimum Gasteiger partial charge on any atom is -0.493 e. The predicted molar refractivity (Wildman–Crippen MR) is 110 cm³/mol. The Morgan fingerprint density at radius 1 is 0.893 bits per heavy atom. The summed E-state index contributed by atoms with van der Waals surface area (Å²) in [5.41, 5.74) is 8.61. The van der Waals surface area contributed by atoms with E-state index in [9.17, 15) is 0 Å². The van der Waals surface area contributed by atoms with Crippen molar-refractivity contribution in [3.8, 4) is 11.5 Å². The first-order chi connectivity index (χ1) is 13.7. The highest BCUT2D eigenvalue weighted by Gasteiger charge is 2.18. The fraction of sp³-hybridized carbons (Fsp3) is 0.136. The van der Waals surface area contributed by atoms with Crippen molar-refractivity contribution < 1.29 is 9.47 Å². The lowest BCUT2D eigenvalue weighted by Gasteiger charge is -2.10. The third kappa shape index (κ3) is 3.32. The fourth-order valence-electron chi connectivity index (χ4n) is 3.09. The van der Waals surface area contributed by atoms with Gasteiger partial charge in [-0.1, -0.05) is 11.6 Å². The Bertz CT molecular complexity index is 1080. The second-order valence-corrected chi connectivity index (χ2v) is 6.36. The minimum absolute atomic E-state index is 0.630. The van der Waals surface area contributed by atoms with Gasteiger partial charge in [0, 0.05) is 29.1 Å². The van der Waals surface area contributed by atoms with Gasteiger partial charge in [-0.3, -0.25) is 10.4 Å². The van der Waals surface area contributed by atoms with E-state index in [4.69, 9.17) is 14.5 Å². The van der Waals surface area contributed by atoms with Crippen LogP contribution < -0.4 is 14.9 Å². The summed E-state index contributed by atoms with van der Waals surface area (Å²) in [7, 11) is 3.22. The van der Waals surface area contributed by atoms with Gasteiger partial charge in [0.05, 0.1) is 19.9 Å². The van der Waals surface area contributed by atoms with Crippen molar-refractivity contribution in [2.24, 2.45) is 10.1 Å². The third-order valence-corrected chi connectivity index (χ3v) is 4.50. The molecule has 0 amide bonds.